The van der Waals surface area contributed by atoms with E-state index in [2.05, 4.69) is 0 Å². The minimum atomic E-state index is -3.70. The van der Waals surface area contributed by atoms with Gasteiger partial charge in [-0.3, -0.25) is 4.79 Å². The van der Waals surface area contributed by atoms with Gasteiger partial charge in [-0.05, 0) is 33.7 Å². The number of carbonyl (C=O) groups excluding carboxylic acids is 1. The topological polar surface area (TPSA) is 51.2 Å². The van der Waals surface area contributed by atoms with Gasteiger partial charge in [0.15, 0.2) is 9.84 Å². The molecule has 0 amide bonds. The van der Waals surface area contributed by atoms with Crippen molar-refractivity contribution in [2.24, 2.45) is 0 Å². The lowest BCUT2D eigenvalue weighted by atomic mass is 10.0. The van der Waals surface area contributed by atoms with Crippen LogP contribution in [0.1, 0.15) is 17.3 Å². The van der Waals surface area contributed by atoms with Gasteiger partial charge in [0, 0.05) is 5.56 Å². The first kappa shape index (κ1) is 17.4. The van der Waals surface area contributed by atoms with Crippen LogP contribution in [0.5, 0.6) is 0 Å². The number of rotatable bonds is 5. The van der Waals surface area contributed by atoms with Crippen LogP contribution in [0, 0.1) is 0 Å². The van der Waals surface area contributed by atoms with Crippen LogP contribution in [0.4, 0.5) is 0 Å². The van der Waals surface area contributed by atoms with Gasteiger partial charge in [0.2, 0.25) is 5.78 Å². The van der Waals surface area contributed by atoms with Crippen molar-refractivity contribution in [2.75, 3.05) is 5.75 Å². The quantitative estimate of drug-likeness (QED) is 0.389. The first-order valence-electron chi connectivity index (χ1n) is 6.60. The molecule has 0 N–H and O–H groups in total. The molecule has 0 unspecified atom stereocenters. The van der Waals surface area contributed by atoms with Crippen molar-refractivity contribution < 1.29 is 13.2 Å². The van der Waals surface area contributed by atoms with Crippen molar-refractivity contribution >= 4 is 49.8 Å². The molecule has 0 fully saturated rings. The highest BCUT2D eigenvalue weighted by Gasteiger charge is 2.45. The zero-order valence-electron chi connectivity index (χ0n) is 11.8. The highest BCUT2D eigenvalue weighted by Crippen LogP contribution is 2.36. The van der Waals surface area contributed by atoms with Gasteiger partial charge in [0.25, 0.3) is 2.21 Å². The van der Waals surface area contributed by atoms with Crippen LogP contribution in [0.3, 0.4) is 0 Å². The fraction of sp³-hybridized carbons (Fsp3) is 0.188. The first-order valence-corrected chi connectivity index (χ1v) is 9.71. The summed E-state index contributed by atoms with van der Waals surface area (Å²) in [7, 11) is -3.70. The lowest BCUT2D eigenvalue weighted by Crippen LogP contribution is -2.36. The summed E-state index contributed by atoms with van der Waals surface area (Å²) in [6.45, 7) is 1.47. The van der Waals surface area contributed by atoms with Crippen LogP contribution < -0.4 is 0 Å². The number of benzene rings is 2. The van der Waals surface area contributed by atoms with Crippen molar-refractivity contribution in [2.45, 2.75) is 9.14 Å². The molecule has 2 rings (SSSR count). The van der Waals surface area contributed by atoms with Crippen molar-refractivity contribution in [1.82, 2.24) is 0 Å². The second kappa shape index (κ2) is 6.68. The van der Waals surface area contributed by atoms with Crippen LogP contribution in [0.15, 0.2) is 54.6 Å². The molecule has 0 aliphatic rings. The molecule has 1 atom stereocenters. The maximum Gasteiger partial charge on any atom is 0.257 e. The molecule has 0 saturated carbocycles. The van der Waals surface area contributed by atoms with E-state index in [0.29, 0.717) is 0 Å². The molecule has 0 spiro atoms. The van der Waals surface area contributed by atoms with Gasteiger partial charge in [0.05, 0.1) is 5.75 Å². The van der Waals surface area contributed by atoms with Gasteiger partial charge < -0.3 is 0 Å². The number of halogens is 2. The molecule has 0 bridgehead atoms. The van der Waals surface area contributed by atoms with E-state index in [4.69, 9.17) is 11.6 Å². The van der Waals surface area contributed by atoms with Crippen LogP contribution >= 0.6 is 34.2 Å². The molecule has 2 aromatic carbocycles. The molecular formula is C16H14ClIO3S. The summed E-state index contributed by atoms with van der Waals surface area (Å²) >= 11 is 7.52. The second-order valence-corrected chi connectivity index (χ2v) is 10.9. The Kier molecular flexibility index (Phi) is 5.29. The standard InChI is InChI=1S/C16H14ClIO3S/c1-2-22(20,21)16(17,18)15(19)14-10-8-13(9-11-14)12-6-4-3-5-7-12/h3-11H,2H2,1H3/t16-/m1/s1. The van der Waals surface area contributed by atoms with Gasteiger partial charge in [-0.2, -0.15) is 0 Å². The Labute approximate surface area is 148 Å². The van der Waals surface area contributed by atoms with Crippen LogP contribution in [-0.4, -0.2) is 22.2 Å². The van der Waals surface area contributed by atoms with E-state index in [1.54, 1.807) is 24.3 Å². The summed E-state index contributed by atoms with van der Waals surface area (Å²) in [5, 5.41) is 0. The van der Waals surface area contributed by atoms with E-state index < -0.39 is 17.8 Å². The summed E-state index contributed by atoms with van der Waals surface area (Å²) in [5.41, 5.74) is 2.25. The molecule has 116 valence electrons. The fourth-order valence-corrected chi connectivity index (χ4v) is 4.38. The Hall–Kier alpha value is -0.920. The predicted octanol–water partition coefficient (Wildman–Crippen LogP) is 4.30. The predicted molar refractivity (Wildman–Crippen MR) is 98.3 cm³/mol. The summed E-state index contributed by atoms with van der Waals surface area (Å²) in [4.78, 5) is 12.4. The molecule has 0 heterocycles. The monoisotopic (exact) mass is 448 g/mol. The number of alkyl halides is 2. The van der Waals surface area contributed by atoms with E-state index in [1.165, 1.54) is 29.5 Å². The van der Waals surface area contributed by atoms with E-state index >= 15 is 0 Å². The van der Waals surface area contributed by atoms with Crippen molar-refractivity contribution in [3.63, 3.8) is 0 Å². The van der Waals surface area contributed by atoms with Gasteiger partial charge in [-0.25, -0.2) is 8.42 Å². The number of hydrogen-bond donors (Lipinski definition) is 0. The zero-order chi connectivity index (χ0) is 16.4. The van der Waals surface area contributed by atoms with E-state index in [9.17, 15) is 13.2 Å². The van der Waals surface area contributed by atoms with E-state index in [1.807, 2.05) is 30.3 Å². The number of hydrogen-bond acceptors (Lipinski definition) is 3. The van der Waals surface area contributed by atoms with Crippen molar-refractivity contribution in [3.05, 3.63) is 60.2 Å². The van der Waals surface area contributed by atoms with Gasteiger partial charge >= 0.3 is 0 Å². The van der Waals surface area contributed by atoms with Gasteiger partial charge in [-0.15, -0.1) is 0 Å². The summed E-state index contributed by atoms with van der Waals surface area (Å²) in [6, 6.07) is 16.5. The maximum atomic E-state index is 12.4. The van der Waals surface area contributed by atoms with Gasteiger partial charge in [-0.1, -0.05) is 73.1 Å². The minimum absolute atomic E-state index is 0.187. The molecule has 0 aliphatic heterocycles. The first-order chi connectivity index (χ1) is 10.3. The SMILES string of the molecule is CCS(=O)(=O)[C@](Cl)(I)C(=O)c1ccc(-c2ccccc2)cc1. The number of Topliss-reactive ketones (excluding diaryl/α,β-unsaturated/α-hetero) is 1. The minimum Gasteiger partial charge on any atom is -0.290 e. The maximum absolute atomic E-state index is 12.4. The Morgan fingerprint density at radius 3 is 2.05 bits per heavy atom. The molecule has 0 aromatic heterocycles. The van der Waals surface area contributed by atoms with E-state index in [-0.39, 0.29) is 11.3 Å². The third-order valence-electron chi connectivity index (χ3n) is 3.29. The molecule has 6 heteroatoms. The Morgan fingerprint density at radius 1 is 1.05 bits per heavy atom. The average Bonchev–Trinajstić information content (AvgIpc) is 2.55. The van der Waals surface area contributed by atoms with E-state index in [0.717, 1.165) is 11.1 Å². The summed E-state index contributed by atoms with van der Waals surface area (Å²) in [6.07, 6.45) is 0. The Bertz CT molecular complexity index is 769. The van der Waals surface area contributed by atoms with Crippen molar-refractivity contribution in [3.8, 4) is 11.1 Å². The summed E-state index contributed by atoms with van der Waals surface area (Å²) in [5.74, 6) is -0.802. The Balaban J connectivity index is 2.33. The van der Waals surface area contributed by atoms with Crippen LogP contribution in [0.2, 0.25) is 0 Å². The van der Waals surface area contributed by atoms with Crippen LogP contribution in [-0.2, 0) is 9.84 Å². The second-order valence-electron chi connectivity index (χ2n) is 4.69. The molecule has 3 nitrogen and oxygen atoms in total. The molecule has 0 aliphatic carbocycles. The molecule has 0 radical (unpaired) electrons. The van der Waals surface area contributed by atoms with Crippen LogP contribution in [0.25, 0.3) is 11.1 Å². The smallest absolute Gasteiger partial charge is 0.257 e. The van der Waals surface area contributed by atoms with Crippen molar-refractivity contribution in [1.29, 1.82) is 0 Å². The highest BCUT2D eigenvalue weighted by molar-refractivity contribution is 14.1. The summed E-state index contributed by atoms with van der Waals surface area (Å²) < 4.78 is 22.0. The third-order valence-corrected chi connectivity index (χ3v) is 8.40. The highest BCUT2D eigenvalue weighted by atomic mass is 127. The number of ketones is 1. The van der Waals surface area contributed by atoms with Gasteiger partial charge in [0.1, 0.15) is 0 Å². The average molecular weight is 449 g/mol. The number of carbonyl (C=O) groups is 1. The third kappa shape index (κ3) is 3.36. The molecular weight excluding hydrogens is 435 g/mol. The lowest BCUT2D eigenvalue weighted by Gasteiger charge is -2.18. The molecule has 22 heavy (non-hydrogen) atoms. The Morgan fingerprint density at radius 2 is 1.55 bits per heavy atom. The molecule has 0 saturated heterocycles. The normalized spacial score (nSPS) is 14.3. The largest absolute Gasteiger partial charge is 0.290 e. The number of sulfone groups is 1. The lowest BCUT2D eigenvalue weighted by molar-refractivity contribution is 0.100. The zero-order valence-corrected chi connectivity index (χ0v) is 15.5. The molecule has 2 aromatic rings. The fourth-order valence-electron chi connectivity index (χ4n) is 1.94.